The second-order valence-electron chi connectivity index (χ2n) is 3.91. The van der Waals surface area contributed by atoms with Crippen LogP contribution in [0.4, 0.5) is 0 Å². The van der Waals surface area contributed by atoms with Crippen molar-refractivity contribution in [1.82, 2.24) is 4.90 Å². The number of nitrogens with zero attached hydrogens (tertiary/aromatic N) is 1. The van der Waals surface area contributed by atoms with Gasteiger partial charge in [0.1, 0.15) is 11.8 Å². The summed E-state index contributed by atoms with van der Waals surface area (Å²) in [5.41, 5.74) is 0. The minimum absolute atomic E-state index is 0.287. The van der Waals surface area contributed by atoms with Crippen molar-refractivity contribution in [3.63, 3.8) is 0 Å². The van der Waals surface area contributed by atoms with Crippen molar-refractivity contribution in [3.8, 4) is 5.75 Å². The first kappa shape index (κ1) is 15.6. The lowest BCUT2D eigenvalue weighted by molar-refractivity contribution is -0.148. The lowest BCUT2D eigenvalue weighted by Crippen LogP contribution is -2.42. The van der Waals surface area contributed by atoms with Gasteiger partial charge in [-0.25, -0.2) is 4.79 Å². The average molecular weight is 306 g/mol. The Hall–Kier alpha value is -1.46. The van der Waals surface area contributed by atoms with Gasteiger partial charge in [-0.3, -0.25) is 4.79 Å². The van der Waals surface area contributed by atoms with Crippen molar-refractivity contribution in [2.24, 2.45) is 0 Å². The molecule has 0 saturated carbocycles. The summed E-state index contributed by atoms with van der Waals surface area (Å²) in [6, 6.07) is 3.65. The molecule has 0 aromatic heterocycles. The standard InChI is InChI=1S/C12H13Cl2NO4/c1-7(12(17)18)15(2)11(16)6-19-10-4-8(13)3-9(14)5-10/h3-5,7H,6H2,1-2H3,(H,17,18). The molecule has 1 atom stereocenters. The van der Waals surface area contributed by atoms with Gasteiger partial charge in [-0.1, -0.05) is 23.2 Å². The van der Waals surface area contributed by atoms with E-state index >= 15 is 0 Å². The molecule has 1 aromatic carbocycles. The van der Waals surface area contributed by atoms with E-state index in [2.05, 4.69) is 0 Å². The number of hydrogen-bond donors (Lipinski definition) is 1. The highest BCUT2D eigenvalue weighted by molar-refractivity contribution is 6.34. The Bertz CT molecular complexity index is 472. The second-order valence-corrected chi connectivity index (χ2v) is 4.79. The molecular weight excluding hydrogens is 293 g/mol. The zero-order valence-corrected chi connectivity index (χ0v) is 11.9. The molecule has 1 amide bonds. The van der Waals surface area contributed by atoms with Crippen LogP contribution in [0.3, 0.4) is 0 Å². The van der Waals surface area contributed by atoms with E-state index in [0.29, 0.717) is 15.8 Å². The number of rotatable bonds is 5. The Balaban J connectivity index is 2.61. The Morgan fingerprint density at radius 1 is 1.32 bits per heavy atom. The third kappa shape index (κ3) is 4.61. The van der Waals surface area contributed by atoms with Gasteiger partial charge in [0.05, 0.1) is 0 Å². The number of carboxylic acids is 1. The topological polar surface area (TPSA) is 66.8 Å². The first-order valence-electron chi connectivity index (χ1n) is 5.38. The van der Waals surface area contributed by atoms with Crippen LogP contribution in [0.1, 0.15) is 6.92 Å². The van der Waals surface area contributed by atoms with Gasteiger partial charge in [0, 0.05) is 17.1 Å². The second kappa shape index (κ2) is 6.63. The van der Waals surface area contributed by atoms with E-state index in [4.69, 9.17) is 33.0 Å². The zero-order chi connectivity index (χ0) is 14.6. The monoisotopic (exact) mass is 305 g/mol. The predicted octanol–water partition coefficient (Wildman–Crippen LogP) is 2.30. The highest BCUT2D eigenvalue weighted by atomic mass is 35.5. The van der Waals surface area contributed by atoms with Crippen molar-refractivity contribution in [1.29, 1.82) is 0 Å². The first-order chi connectivity index (χ1) is 8.81. The minimum atomic E-state index is -1.08. The molecule has 104 valence electrons. The molecule has 0 fully saturated rings. The highest BCUT2D eigenvalue weighted by Crippen LogP contribution is 2.24. The van der Waals surface area contributed by atoms with Crippen LogP contribution in [0.15, 0.2) is 18.2 Å². The summed E-state index contributed by atoms with van der Waals surface area (Å²) in [5.74, 6) is -1.19. The van der Waals surface area contributed by atoms with Crippen LogP contribution in [0, 0.1) is 0 Å². The predicted molar refractivity (Wildman–Crippen MR) is 71.8 cm³/mol. The Morgan fingerprint density at radius 2 is 1.84 bits per heavy atom. The van der Waals surface area contributed by atoms with Crippen molar-refractivity contribution in [3.05, 3.63) is 28.2 Å². The number of halogens is 2. The van der Waals surface area contributed by atoms with E-state index in [9.17, 15) is 9.59 Å². The van der Waals surface area contributed by atoms with Gasteiger partial charge in [-0.15, -0.1) is 0 Å². The molecule has 1 rings (SSSR count). The fraction of sp³-hybridized carbons (Fsp3) is 0.333. The number of carboxylic acid groups (broad SMARTS) is 1. The number of carbonyl (C=O) groups excluding carboxylic acids is 1. The maximum atomic E-state index is 11.7. The normalized spacial score (nSPS) is 11.8. The fourth-order valence-electron chi connectivity index (χ4n) is 1.24. The van der Waals surface area contributed by atoms with E-state index in [1.807, 2.05) is 0 Å². The Labute approximate surface area is 120 Å². The first-order valence-corrected chi connectivity index (χ1v) is 6.14. The van der Waals surface area contributed by atoms with Crippen LogP contribution in [-0.2, 0) is 9.59 Å². The van der Waals surface area contributed by atoms with Gasteiger partial charge in [-0.2, -0.15) is 0 Å². The van der Waals surface area contributed by atoms with Gasteiger partial charge >= 0.3 is 5.97 Å². The van der Waals surface area contributed by atoms with Crippen molar-refractivity contribution in [2.75, 3.05) is 13.7 Å². The van der Waals surface area contributed by atoms with Gasteiger partial charge in [-0.05, 0) is 25.1 Å². The molecule has 7 heteroatoms. The molecule has 0 spiro atoms. The van der Waals surface area contributed by atoms with Crippen molar-refractivity contribution >= 4 is 35.1 Å². The van der Waals surface area contributed by atoms with E-state index in [1.165, 1.54) is 32.2 Å². The average Bonchev–Trinajstić information content (AvgIpc) is 2.32. The van der Waals surface area contributed by atoms with Crippen LogP contribution in [0.5, 0.6) is 5.75 Å². The number of likely N-dealkylation sites (N-methyl/N-ethyl adjacent to an activating group) is 1. The quantitative estimate of drug-likeness (QED) is 0.906. The lowest BCUT2D eigenvalue weighted by atomic mass is 10.3. The number of ether oxygens (including phenoxy) is 1. The summed E-state index contributed by atoms with van der Waals surface area (Å²) in [7, 11) is 1.40. The van der Waals surface area contributed by atoms with Crippen LogP contribution >= 0.6 is 23.2 Å². The molecule has 0 aliphatic rings. The third-order valence-corrected chi connectivity index (χ3v) is 2.97. The summed E-state index contributed by atoms with van der Waals surface area (Å²) < 4.78 is 5.23. The third-order valence-electron chi connectivity index (χ3n) is 2.53. The molecule has 0 heterocycles. The van der Waals surface area contributed by atoms with Crippen LogP contribution in [-0.4, -0.2) is 41.6 Å². The summed E-state index contributed by atoms with van der Waals surface area (Å²) in [6.07, 6.45) is 0. The van der Waals surface area contributed by atoms with E-state index in [-0.39, 0.29) is 6.61 Å². The molecule has 1 unspecified atom stereocenters. The Kier molecular flexibility index (Phi) is 5.44. The highest BCUT2D eigenvalue weighted by Gasteiger charge is 2.21. The summed E-state index contributed by atoms with van der Waals surface area (Å²) in [5, 5.41) is 9.57. The van der Waals surface area contributed by atoms with Crippen molar-refractivity contribution in [2.45, 2.75) is 13.0 Å². The molecule has 0 radical (unpaired) electrons. The molecule has 0 bridgehead atoms. The molecule has 5 nitrogen and oxygen atoms in total. The van der Waals surface area contributed by atoms with Crippen LogP contribution < -0.4 is 4.74 Å². The molecule has 1 aromatic rings. The van der Waals surface area contributed by atoms with Gasteiger partial charge in [0.15, 0.2) is 6.61 Å². The molecule has 0 aliphatic heterocycles. The summed E-state index contributed by atoms with van der Waals surface area (Å²) in [4.78, 5) is 23.5. The molecule has 19 heavy (non-hydrogen) atoms. The SMILES string of the molecule is CC(C(=O)O)N(C)C(=O)COc1cc(Cl)cc(Cl)c1. The number of amides is 1. The number of aliphatic carboxylic acids is 1. The number of benzene rings is 1. The molecule has 0 saturated heterocycles. The fourth-order valence-corrected chi connectivity index (χ4v) is 1.75. The lowest BCUT2D eigenvalue weighted by Gasteiger charge is -2.21. The van der Waals surface area contributed by atoms with Gasteiger partial charge in [0.2, 0.25) is 0 Å². The van der Waals surface area contributed by atoms with Crippen LogP contribution in [0.25, 0.3) is 0 Å². The van der Waals surface area contributed by atoms with Gasteiger partial charge < -0.3 is 14.7 Å². The van der Waals surface area contributed by atoms with E-state index in [0.717, 1.165) is 4.90 Å². The minimum Gasteiger partial charge on any atom is -0.484 e. The largest absolute Gasteiger partial charge is 0.484 e. The van der Waals surface area contributed by atoms with Gasteiger partial charge in [0.25, 0.3) is 5.91 Å². The zero-order valence-electron chi connectivity index (χ0n) is 10.4. The van der Waals surface area contributed by atoms with Crippen LogP contribution in [0.2, 0.25) is 10.0 Å². The summed E-state index contributed by atoms with van der Waals surface area (Å²) in [6.45, 7) is 1.13. The van der Waals surface area contributed by atoms with E-state index < -0.39 is 17.9 Å². The smallest absolute Gasteiger partial charge is 0.326 e. The number of hydrogen-bond acceptors (Lipinski definition) is 3. The maximum Gasteiger partial charge on any atom is 0.326 e. The van der Waals surface area contributed by atoms with E-state index in [1.54, 1.807) is 0 Å². The molecule has 1 N–H and O–H groups in total. The molecule has 0 aliphatic carbocycles. The maximum absolute atomic E-state index is 11.7. The number of carbonyl (C=O) groups is 2. The Morgan fingerprint density at radius 3 is 2.32 bits per heavy atom. The summed E-state index contributed by atoms with van der Waals surface area (Å²) >= 11 is 11.6. The molecular formula is C12H13Cl2NO4. The van der Waals surface area contributed by atoms with Crippen molar-refractivity contribution < 1.29 is 19.4 Å².